The third-order valence-electron chi connectivity index (χ3n) is 2.81. The summed E-state index contributed by atoms with van der Waals surface area (Å²) in [6, 6.07) is 3.67. The fourth-order valence-corrected chi connectivity index (χ4v) is 1.89. The van der Waals surface area contributed by atoms with Gasteiger partial charge in [-0.05, 0) is 19.9 Å². The average molecular weight is 303 g/mol. The molecule has 1 amide bonds. The molecule has 0 radical (unpaired) electrons. The molecule has 2 aromatic heterocycles. The van der Waals surface area contributed by atoms with Gasteiger partial charge in [0.05, 0.1) is 0 Å². The lowest BCUT2D eigenvalue weighted by Crippen LogP contribution is -2.32. The summed E-state index contributed by atoms with van der Waals surface area (Å²) in [6.45, 7) is 6.00. The number of hydrogen-bond donors (Lipinski definition) is 3. The first kappa shape index (κ1) is 15.7. The van der Waals surface area contributed by atoms with E-state index in [9.17, 15) is 4.79 Å². The van der Waals surface area contributed by atoms with Crippen LogP contribution in [0.2, 0.25) is 0 Å². The molecule has 2 aromatic rings. The van der Waals surface area contributed by atoms with E-state index in [-0.39, 0.29) is 12.5 Å². The first-order chi connectivity index (χ1) is 10.7. The van der Waals surface area contributed by atoms with Gasteiger partial charge in [0, 0.05) is 43.8 Å². The van der Waals surface area contributed by atoms with Gasteiger partial charge in [-0.2, -0.15) is 10.1 Å². The van der Waals surface area contributed by atoms with E-state index in [4.69, 9.17) is 0 Å². The van der Waals surface area contributed by atoms with Crippen LogP contribution in [0.25, 0.3) is 0 Å². The normalized spacial score (nSPS) is 10.3. The Morgan fingerprint density at radius 1 is 1.27 bits per heavy atom. The van der Waals surface area contributed by atoms with Crippen molar-refractivity contribution in [1.82, 2.24) is 25.1 Å². The molecule has 8 nitrogen and oxygen atoms in total. The third-order valence-corrected chi connectivity index (χ3v) is 2.81. The van der Waals surface area contributed by atoms with Crippen LogP contribution in [0.5, 0.6) is 0 Å². The number of hydrogen-bond acceptors (Lipinski definition) is 6. The molecule has 0 spiro atoms. The summed E-state index contributed by atoms with van der Waals surface area (Å²) in [5.41, 5.74) is 0.885. The molecule has 118 valence electrons. The summed E-state index contributed by atoms with van der Waals surface area (Å²) in [5.74, 6) is 1.27. The zero-order valence-corrected chi connectivity index (χ0v) is 12.8. The van der Waals surface area contributed by atoms with E-state index in [0.717, 1.165) is 18.1 Å². The number of carbonyl (C=O) groups excluding carboxylic acids is 1. The second-order valence-corrected chi connectivity index (χ2v) is 4.73. The van der Waals surface area contributed by atoms with E-state index < -0.39 is 0 Å². The first-order valence-corrected chi connectivity index (χ1v) is 7.25. The fraction of sp³-hybridized carbons (Fsp3) is 0.429. The molecule has 2 heterocycles. The summed E-state index contributed by atoms with van der Waals surface area (Å²) >= 11 is 0. The van der Waals surface area contributed by atoms with Gasteiger partial charge >= 0.3 is 0 Å². The predicted molar refractivity (Wildman–Crippen MR) is 84.7 cm³/mol. The van der Waals surface area contributed by atoms with Crippen LogP contribution in [-0.4, -0.2) is 45.3 Å². The number of amides is 1. The second-order valence-electron chi connectivity index (χ2n) is 4.73. The lowest BCUT2D eigenvalue weighted by Gasteiger charge is -2.09. The number of aromatic nitrogens is 4. The Labute approximate surface area is 129 Å². The Kier molecular flexibility index (Phi) is 5.70. The summed E-state index contributed by atoms with van der Waals surface area (Å²) in [6.07, 6.45) is 3.40. The molecule has 0 bridgehead atoms. The van der Waals surface area contributed by atoms with Crippen LogP contribution in [0.4, 0.5) is 11.8 Å². The van der Waals surface area contributed by atoms with Crippen molar-refractivity contribution in [3.63, 3.8) is 0 Å². The van der Waals surface area contributed by atoms with Gasteiger partial charge in [-0.3, -0.25) is 9.48 Å². The Morgan fingerprint density at radius 2 is 2.14 bits per heavy atom. The molecule has 0 saturated heterocycles. The molecule has 3 N–H and O–H groups in total. The van der Waals surface area contributed by atoms with E-state index in [1.54, 1.807) is 23.1 Å². The highest BCUT2D eigenvalue weighted by molar-refractivity contribution is 5.75. The molecular formula is C14H21N7O. The SMILES string of the molecule is CCNc1cc(C)nc(NCCNC(=O)Cn2cccn2)n1. The quantitative estimate of drug-likeness (QED) is 0.619. The van der Waals surface area contributed by atoms with Crippen molar-refractivity contribution in [3.8, 4) is 0 Å². The molecular weight excluding hydrogens is 282 g/mol. The highest BCUT2D eigenvalue weighted by Gasteiger charge is 2.03. The van der Waals surface area contributed by atoms with Crippen LogP contribution in [-0.2, 0) is 11.3 Å². The van der Waals surface area contributed by atoms with E-state index in [1.807, 2.05) is 19.9 Å². The van der Waals surface area contributed by atoms with Crippen molar-refractivity contribution < 1.29 is 4.79 Å². The molecule has 0 aliphatic heterocycles. The van der Waals surface area contributed by atoms with Crippen LogP contribution in [0.1, 0.15) is 12.6 Å². The predicted octanol–water partition coefficient (Wildman–Crippen LogP) is 0.642. The highest BCUT2D eigenvalue weighted by atomic mass is 16.2. The molecule has 22 heavy (non-hydrogen) atoms. The number of nitrogens with one attached hydrogen (secondary N) is 3. The van der Waals surface area contributed by atoms with Crippen LogP contribution in [0, 0.1) is 6.92 Å². The fourth-order valence-electron chi connectivity index (χ4n) is 1.89. The van der Waals surface area contributed by atoms with Crippen molar-refractivity contribution in [3.05, 3.63) is 30.2 Å². The van der Waals surface area contributed by atoms with E-state index in [2.05, 4.69) is 31.0 Å². The Balaban J connectivity index is 1.73. The Morgan fingerprint density at radius 3 is 2.86 bits per heavy atom. The molecule has 0 fully saturated rings. The third kappa shape index (κ3) is 5.04. The second kappa shape index (κ2) is 7.96. The number of nitrogens with zero attached hydrogens (tertiary/aromatic N) is 4. The van der Waals surface area contributed by atoms with Gasteiger partial charge in [-0.1, -0.05) is 0 Å². The lowest BCUT2D eigenvalue weighted by molar-refractivity contribution is -0.121. The number of aryl methyl sites for hydroxylation is 1. The summed E-state index contributed by atoms with van der Waals surface area (Å²) in [4.78, 5) is 20.3. The molecule has 8 heteroatoms. The van der Waals surface area contributed by atoms with E-state index in [0.29, 0.717) is 19.0 Å². The van der Waals surface area contributed by atoms with Crippen LogP contribution < -0.4 is 16.0 Å². The molecule has 2 rings (SSSR count). The van der Waals surface area contributed by atoms with Crippen LogP contribution >= 0.6 is 0 Å². The van der Waals surface area contributed by atoms with Gasteiger partial charge < -0.3 is 16.0 Å². The number of anilines is 2. The first-order valence-electron chi connectivity index (χ1n) is 7.25. The molecule has 0 unspecified atom stereocenters. The average Bonchev–Trinajstić information content (AvgIpc) is 2.96. The summed E-state index contributed by atoms with van der Waals surface area (Å²) in [7, 11) is 0. The molecule has 0 aromatic carbocycles. The van der Waals surface area contributed by atoms with Crippen molar-refractivity contribution in [1.29, 1.82) is 0 Å². The maximum Gasteiger partial charge on any atom is 0.241 e. The van der Waals surface area contributed by atoms with Gasteiger partial charge in [-0.25, -0.2) is 4.98 Å². The zero-order chi connectivity index (χ0) is 15.8. The Bertz CT molecular complexity index is 597. The van der Waals surface area contributed by atoms with Gasteiger partial charge in [0.15, 0.2) is 0 Å². The molecule has 0 saturated carbocycles. The van der Waals surface area contributed by atoms with E-state index in [1.165, 1.54) is 0 Å². The van der Waals surface area contributed by atoms with E-state index >= 15 is 0 Å². The summed E-state index contributed by atoms with van der Waals surface area (Å²) < 4.78 is 1.58. The van der Waals surface area contributed by atoms with Gasteiger partial charge in [0.1, 0.15) is 12.4 Å². The standard InChI is InChI=1S/C14H21N7O/c1-3-15-12-9-11(2)19-14(20-12)17-7-6-16-13(22)10-21-8-4-5-18-21/h4-5,8-9H,3,6-7,10H2,1-2H3,(H,16,22)(H2,15,17,19,20). The van der Waals surface area contributed by atoms with Gasteiger partial charge in [0.25, 0.3) is 0 Å². The molecule has 0 aliphatic rings. The summed E-state index contributed by atoms with van der Waals surface area (Å²) in [5, 5.41) is 13.0. The minimum absolute atomic E-state index is 0.0796. The zero-order valence-electron chi connectivity index (χ0n) is 12.8. The van der Waals surface area contributed by atoms with Gasteiger partial charge in [0.2, 0.25) is 11.9 Å². The van der Waals surface area contributed by atoms with Crippen molar-refractivity contribution in [2.75, 3.05) is 30.3 Å². The van der Waals surface area contributed by atoms with Gasteiger partial charge in [-0.15, -0.1) is 0 Å². The lowest BCUT2D eigenvalue weighted by atomic mass is 10.4. The molecule has 0 aliphatic carbocycles. The maximum atomic E-state index is 11.7. The highest BCUT2D eigenvalue weighted by Crippen LogP contribution is 2.08. The van der Waals surface area contributed by atoms with Crippen LogP contribution in [0.3, 0.4) is 0 Å². The van der Waals surface area contributed by atoms with Crippen molar-refractivity contribution in [2.45, 2.75) is 20.4 Å². The minimum atomic E-state index is -0.0796. The topological polar surface area (TPSA) is 96.8 Å². The minimum Gasteiger partial charge on any atom is -0.370 e. The largest absolute Gasteiger partial charge is 0.370 e. The van der Waals surface area contributed by atoms with Crippen LogP contribution in [0.15, 0.2) is 24.5 Å². The van der Waals surface area contributed by atoms with Crippen molar-refractivity contribution >= 4 is 17.7 Å². The Hall–Kier alpha value is -2.64. The monoisotopic (exact) mass is 303 g/mol. The number of carbonyl (C=O) groups is 1. The maximum absolute atomic E-state index is 11.7. The number of rotatable bonds is 8. The smallest absolute Gasteiger partial charge is 0.241 e. The molecule has 0 atom stereocenters. The van der Waals surface area contributed by atoms with Crippen molar-refractivity contribution in [2.24, 2.45) is 0 Å².